The Kier molecular flexibility index (Phi) is 5.15. The van der Waals surface area contributed by atoms with E-state index in [4.69, 9.17) is 0 Å². The predicted molar refractivity (Wildman–Crippen MR) is 81.5 cm³/mol. The highest BCUT2D eigenvalue weighted by atomic mass is 32.2. The molecule has 2 rings (SSSR count). The number of hydrogen-bond acceptors (Lipinski definition) is 4. The Morgan fingerprint density at radius 1 is 1.41 bits per heavy atom. The van der Waals surface area contributed by atoms with E-state index >= 15 is 0 Å². The molecule has 0 spiro atoms. The van der Waals surface area contributed by atoms with Crippen LogP contribution in [-0.2, 0) is 14.8 Å². The van der Waals surface area contributed by atoms with E-state index in [1.165, 1.54) is 13.0 Å². The Balaban J connectivity index is 2.23. The highest BCUT2D eigenvalue weighted by Crippen LogP contribution is 2.21. The summed E-state index contributed by atoms with van der Waals surface area (Å²) in [5.41, 5.74) is -0.148. The molecule has 2 atom stereocenters. The summed E-state index contributed by atoms with van der Waals surface area (Å²) in [7, 11) is -3.78. The molecule has 1 heterocycles. The Morgan fingerprint density at radius 3 is 2.77 bits per heavy atom. The third-order valence-electron chi connectivity index (χ3n) is 3.69. The zero-order chi connectivity index (χ0) is 16.3. The van der Waals surface area contributed by atoms with Crippen molar-refractivity contribution in [1.82, 2.24) is 10.0 Å². The number of halogens is 1. The summed E-state index contributed by atoms with van der Waals surface area (Å²) in [6.45, 7) is 4.64. The van der Waals surface area contributed by atoms with E-state index in [0.717, 1.165) is 25.1 Å². The quantitative estimate of drug-likeness (QED) is 0.771. The number of benzene rings is 1. The van der Waals surface area contributed by atoms with Crippen LogP contribution in [0, 0.1) is 11.7 Å². The first-order valence-electron chi connectivity index (χ1n) is 7.10. The molecule has 1 aliphatic rings. The van der Waals surface area contributed by atoms with E-state index in [1.54, 1.807) is 0 Å². The Hall–Kier alpha value is -1.51. The van der Waals surface area contributed by atoms with Crippen molar-refractivity contribution in [2.75, 3.05) is 18.4 Å². The maximum atomic E-state index is 13.6. The van der Waals surface area contributed by atoms with Gasteiger partial charge in [-0.25, -0.2) is 17.5 Å². The van der Waals surface area contributed by atoms with Gasteiger partial charge in [-0.3, -0.25) is 4.79 Å². The van der Waals surface area contributed by atoms with Crippen LogP contribution in [0.1, 0.15) is 20.3 Å². The van der Waals surface area contributed by atoms with Crippen LogP contribution in [-0.4, -0.2) is 33.5 Å². The number of piperidine rings is 1. The normalized spacial score (nSPS) is 22.3. The van der Waals surface area contributed by atoms with Crippen LogP contribution in [0.25, 0.3) is 0 Å². The topological polar surface area (TPSA) is 87.3 Å². The second kappa shape index (κ2) is 6.72. The smallest absolute Gasteiger partial charge is 0.240 e. The Morgan fingerprint density at radius 2 is 2.14 bits per heavy atom. The molecule has 1 saturated heterocycles. The van der Waals surface area contributed by atoms with Crippen LogP contribution in [0.2, 0.25) is 0 Å². The Bertz CT molecular complexity index is 663. The Labute approximate surface area is 129 Å². The average Bonchev–Trinajstić information content (AvgIpc) is 2.43. The van der Waals surface area contributed by atoms with Gasteiger partial charge in [0.1, 0.15) is 5.82 Å². The lowest BCUT2D eigenvalue weighted by molar-refractivity contribution is -0.114. The van der Waals surface area contributed by atoms with Gasteiger partial charge in [0.15, 0.2) is 0 Å². The summed E-state index contributed by atoms with van der Waals surface area (Å²) in [6, 6.07) is 3.12. The number of nitrogens with one attached hydrogen (secondary N) is 3. The van der Waals surface area contributed by atoms with Crippen LogP contribution < -0.4 is 15.4 Å². The lowest BCUT2D eigenvalue weighted by Gasteiger charge is -2.30. The van der Waals surface area contributed by atoms with Crippen molar-refractivity contribution < 1.29 is 17.6 Å². The van der Waals surface area contributed by atoms with E-state index in [0.29, 0.717) is 6.54 Å². The van der Waals surface area contributed by atoms with Crippen LogP contribution in [0.3, 0.4) is 0 Å². The predicted octanol–water partition coefficient (Wildman–Crippen LogP) is 1.06. The van der Waals surface area contributed by atoms with Gasteiger partial charge in [-0.05, 0) is 37.1 Å². The van der Waals surface area contributed by atoms with Crippen molar-refractivity contribution in [2.45, 2.75) is 31.2 Å². The molecule has 8 heteroatoms. The second-order valence-corrected chi connectivity index (χ2v) is 7.23. The first kappa shape index (κ1) is 16.9. The summed E-state index contributed by atoms with van der Waals surface area (Å²) < 4.78 is 41.1. The number of carbonyl (C=O) groups is 1. The summed E-state index contributed by atoms with van der Waals surface area (Å²) in [4.78, 5) is 11.0. The van der Waals surface area contributed by atoms with E-state index in [-0.39, 0.29) is 22.5 Å². The summed E-state index contributed by atoms with van der Waals surface area (Å²) in [6.07, 6.45) is 0.883. The number of sulfonamides is 1. The van der Waals surface area contributed by atoms with Gasteiger partial charge >= 0.3 is 0 Å². The van der Waals surface area contributed by atoms with E-state index in [2.05, 4.69) is 15.4 Å². The van der Waals surface area contributed by atoms with Gasteiger partial charge in [-0.1, -0.05) is 6.92 Å². The van der Waals surface area contributed by atoms with E-state index in [1.807, 2.05) is 6.92 Å². The van der Waals surface area contributed by atoms with Gasteiger partial charge in [-0.15, -0.1) is 0 Å². The third-order valence-corrected chi connectivity index (χ3v) is 5.18. The van der Waals surface area contributed by atoms with Gasteiger partial charge in [-0.2, -0.15) is 0 Å². The highest BCUT2D eigenvalue weighted by molar-refractivity contribution is 7.89. The van der Waals surface area contributed by atoms with Gasteiger partial charge < -0.3 is 10.6 Å². The van der Waals surface area contributed by atoms with Crippen molar-refractivity contribution in [3.8, 4) is 0 Å². The fourth-order valence-electron chi connectivity index (χ4n) is 2.37. The van der Waals surface area contributed by atoms with Gasteiger partial charge in [0.05, 0.1) is 10.6 Å². The standard InChI is InChI=1S/C14H20FN3O3S/c1-9-5-6-16-8-14(9)18-22(20,21)11-3-4-12(15)13(7-11)17-10(2)19/h3-4,7,9,14,16,18H,5-6,8H2,1-2H3,(H,17,19). The largest absolute Gasteiger partial charge is 0.324 e. The summed E-state index contributed by atoms with van der Waals surface area (Å²) in [5, 5.41) is 5.42. The fourth-order valence-corrected chi connectivity index (χ4v) is 3.74. The zero-order valence-electron chi connectivity index (χ0n) is 12.5. The second-order valence-electron chi connectivity index (χ2n) is 5.52. The van der Waals surface area contributed by atoms with Crippen LogP contribution >= 0.6 is 0 Å². The van der Waals surface area contributed by atoms with Gasteiger partial charge in [0.25, 0.3) is 0 Å². The lowest BCUT2D eigenvalue weighted by atomic mass is 9.96. The van der Waals surface area contributed by atoms with Gasteiger partial charge in [0, 0.05) is 19.5 Å². The van der Waals surface area contributed by atoms with Crippen molar-refractivity contribution in [1.29, 1.82) is 0 Å². The molecule has 1 aromatic carbocycles. The zero-order valence-corrected chi connectivity index (χ0v) is 13.3. The van der Waals surface area contributed by atoms with Crippen molar-refractivity contribution >= 4 is 21.6 Å². The fraction of sp³-hybridized carbons (Fsp3) is 0.500. The molecule has 0 aromatic heterocycles. The van der Waals surface area contributed by atoms with Crippen molar-refractivity contribution in [3.05, 3.63) is 24.0 Å². The molecule has 1 aliphatic heterocycles. The molecule has 0 saturated carbocycles. The minimum atomic E-state index is -3.78. The SMILES string of the molecule is CC(=O)Nc1cc(S(=O)(=O)NC2CNCCC2C)ccc1F. The summed E-state index contributed by atoms with van der Waals surface area (Å²) in [5.74, 6) is -0.931. The number of anilines is 1. The monoisotopic (exact) mass is 329 g/mol. The average molecular weight is 329 g/mol. The van der Waals surface area contributed by atoms with E-state index < -0.39 is 21.7 Å². The molecule has 0 aliphatic carbocycles. The molecule has 1 aromatic rings. The third kappa shape index (κ3) is 4.02. The molecular formula is C14H20FN3O3S. The van der Waals surface area contributed by atoms with Crippen molar-refractivity contribution in [2.24, 2.45) is 5.92 Å². The minimum absolute atomic E-state index is 0.0737. The number of amides is 1. The maximum Gasteiger partial charge on any atom is 0.240 e. The lowest BCUT2D eigenvalue weighted by Crippen LogP contribution is -2.50. The first-order valence-corrected chi connectivity index (χ1v) is 8.58. The summed E-state index contributed by atoms with van der Waals surface area (Å²) >= 11 is 0. The molecule has 0 bridgehead atoms. The van der Waals surface area contributed by atoms with Crippen LogP contribution in [0.4, 0.5) is 10.1 Å². The molecule has 6 nitrogen and oxygen atoms in total. The minimum Gasteiger partial charge on any atom is -0.324 e. The molecule has 122 valence electrons. The number of rotatable bonds is 4. The first-order chi connectivity index (χ1) is 10.3. The molecule has 22 heavy (non-hydrogen) atoms. The van der Waals surface area contributed by atoms with Crippen molar-refractivity contribution in [3.63, 3.8) is 0 Å². The van der Waals surface area contributed by atoms with Crippen LogP contribution in [0.5, 0.6) is 0 Å². The number of carbonyl (C=O) groups excluding carboxylic acids is 1. The van der Waals surface area contributed by atoms with Gasteiger partial charge in [0.2, 0.25) is 15.9 Å². The molecular weight excluding hydrogens is 309 g/mol. The van der Waals surface area contributed by atoms with E-state index in [9.17, 15) is 17.6 Å². The molecule has 3 N–H and O–H groups in total. The molecule has 0 radical (unpaired) electrons. The molecule has 1 fully saturated rings. The maximum absolute atomic E-state index is 13.6. The number of hydrogen-bond donors (Lipinski definition) is 3. The molecule has 2 unspecified atom stereocenters. The molecule has 1 amide bonds. The van der Waals surface area contributed by atoms with Crippen LogP contribution in [0.15, 0.2) is 23.1 Å². The highest BCUT2D eigenvalue weighted by Gasteiger charge is 2.27.